The normalized spacial score (nSPS) is 15.5. The van der Waals surface area contributed by atoms with E-state index in [0.29, 0.717) is 22.3 Å². The van der Waals surface area contributed by atoms with Crippen molar-refractivity contribution in [1.29, 1.82) is 0 Å². The zero-order valence-electron chi connectivity index (χ0n) is 13.3. The van der Waals surface area contributed by atoms with Gasteiger partial charge in [0.15, 0.2) is 0 Å². The molecule has 24 heavy (non-hydrogen) atoms. The number of hydrogen-bond acceptors (Lipinski definition) is 2. The third-order valence-corrected chi connectivity index (χ3v) is 4.68. The van der Waals surface area contributed by atoms with E-state index < -0.39 is 0 Å². The van der Waals surface area contributed by atoms with Crippen molar-refractivity contribution < 1.29 is 9.18 Å². The van der Waals surface area contributed by atoms with Crippen LogP contribution in [-0.4, -0.2) is 10.9 Å². The average molecular weight is 323 g/mol. The van der Waals surface area contributed by atoms with Crippen LogP contribution >= 0.6 is 0 Å². The molecule has 4 N–H and O–H groups in total. The number of anilines is 1. The van der Waals surface area contributed by atoms with Crippen molar-refractivity contribution in [1.82, 2.24) is 4.98 Å². The molecule has 0 bridgehead atoms. The van der Waals surface area contributed by atoms with Crippen LogP contribution in [0.3, 0.4) is 0 Å². The molecule has 0 radical (unpaired) electrons. The molecule has 4 nitrogen and oxygen atoms in total. The number of aryl methyl sites for hydroxylation is 1. The van der Waals surface area contributed by atoms with Gasteiger partial charge in [-0.1, -0.05) is 18.2 Å². The maximum absolute atomic E-state index is 13.9. The van der Waals surface area contributed by atoms with E-state index in [9.17, 15) is 9.18 Å². The summed E-state index contributed by atoms with van der Waals surface area (Å²) in [7, 11) is 0. The Kier molecular flexibility index (Phi) is 3.21. The fraction of sp³-hybridized carbons (Fsp3) is 0.211. The van der Waals surface area contributed by atoms with Crippen LogP contribution in [0.25, 0.3) is 10.9 Å². The first-order valence-electron chi connectivity index (χ1n) is 7.95. The highest BCUT2D eigenvalue weighted by atomic mass is 19.1. The minimum Gasteiger partial charge on any atom is -0.350 e. The first-order chi connectivity index (χ1) is 11.5. The molecule has 1 fully saturated rings. The lowest BCUT2D eigenvalue weighted by Crippen LogP contribution is -2.19. The molecule has 1 amide bonds. The van der Waals surface area contributed by atoms with Crippen LogP contribution in [0.15, 0.2) is 42.5 Å². The Balaban J connectivity index is 1.63. The second-order valence-corrected chi connectivity index (χ2v) is 6.53. The van der Waals surface area contributed by atoms with Gasteiger partial charge in [-0.15, -0.1) is 0 Å². The van der Waals surface area contributed by atoms with Crippen molar-refractivity contribution in [3.05, 3.63) is 65.1 Å². The summed E-state index contributed by atoms with van der Waals surface area (Å²) in [5.41, 5.74) is 9.54. The molecule has 1 aliphatic rings. The Bertz CT molecular complexity index is 917. The average Bonchev–Trinajstić information content (AvgIpc) is 3.15. The van der Waals surface area contributed by atoms with Crippen molar-refractivity contribution in [3.8, 4) is 0 Å². The zero-order chi connectivity index (χ0) is 16.9. The van der Waals surface area contributed by atoms with E-state index in [1.54, 1.807) is 12.1 Å². The fourth-order valence-corrected chi connectivity index (χ4v) is 2.98. The van der Waals surface area contributed by atoms with Crippen molar-refractivity contribution >= 4 is 22.5 Å². The molecule has 4 rings (SSSR count). The number of nitrogens with one attached hydrogen (secondary N) is 2. The minimum atomic E-state index is -0.341. The number of aromatic nitrogens is 1. The molecule has 122 valence electrons. The van der Waals surface area contributed by atoms with Gasteiger partial charge in [0.05, 0.1) is 5.52 Å². The molecule has 0 atom stereocenters. The predicted octanol–water partition coefficient (Wildman–Crippen LogP) is 3.82. The second kappa shape index (κ2) is 5.18. The molecule has 3 aromatic rings. The summed E-state index contributed by atoms with van der Waals surface area (Å²) in [4.78, 5) is 15.5. The Morgan fingerprint density at radius 3 is 2.75 bits per heavy atom. The van der Waals surface area contributed by atoms with Crippen LogP contribution in [0.4, 0.5) is 10.1 Å². The van der Waals surface area contributed by atoms with Gasteiger partial charge >= 0.3 is 0 Å². The molecule has 2 aromatic carbocycles. The predicted molar refractivity (Wildman–Crippen MR) is 92.5 cm³/mol. The summed E-state index contributed by atoms with van der Waals surface area (Å²) in [6.45, 7) is 1.87. The van der Waals surface area contributed by atoms with Crippen LogP contribution in [0, 0.1) is 12.7 Å². The fourth-order valence-electron chi connectivity index (χ4n) is 2.98. The number of H-pyrrole nitrogens is 1. The second-order valence-electron chi connectivity index (χ2n) is 6.53. The first-order valence-corrected chi connectivity index (χ1v) is 7.95. The van der Waals surface area contributed by atoms with Crippen molar-refractivity contribution in [2.75, 3.05) is 5.32 Å². The lowest BCUT2D eigenvalue weighted by molar-refractivity contribution is 0.102. The zero-order valence-corrected chi connectivity index (χ0v) is 13.3. The van der Waals surface area contributed by atoms with Gasteiger partial charge in [0.1, 0.15) is 11.5 Å². The number of carbonyl (C=O) groups is 1. The molecule has 0 aliphatic heterocycles. The largest absolute Gasteiger partial charge is 0.350 e. The van der Waals surface area contributed by atoms with E-state index in [-0.39, 0.29) is 17.3 Å². The third kappa shape index (κ3) is 2.47. The number of fused-ring (bicyclic) bond motifs is 1. The Morgan fingerprint density at radius 2 is 2.04 bits per heavy atom. The van der Waals surface area contributed by atoms with Crippen molar-refractivity contribution in [2.24, 2.45) is 5.73 Å². The molecule has 1 saturated carbocycles. The highest BCUT2D eigenvalue weighted by Gasteiger charge is 2.39. The lowest BCUT2D eigenvalue weighted by atomic mass is 10.1. The number of aromatic amines is 1. The Labute approximate surface area is 138 Å². The first kappa shape index (κ1) is 14.9. The molecular formula is C19H18FN3O. The molecule has 5 heteroatoms. The van der Waals surface area contributed by atoms with Crippen LogP contribution in [0.2, 0.25) is 0 Å². The smallest absolute Gasteiger partial charge is 0.272 e. The SMILES string of the molecule is Cc1ccc(F)c2cc(C(=O)Nc3cccc(C4(N)CC4)c3)[nH]c12. The number of nitrogens with two attached hydrogens (primary N) is 1. The van der Waals surface area contributed by atoms with Gasteiger partial charge in [-0.3, -0.25) is 4.79 Å². The van der Waals surface area contributed by atoms with Gasteiger partial charge in [0, 0.05) is 16.6 Å². The number of amides is 1. The third-order valence-electron chi connectivity index (χ3n) is 4.68. The number of benzene rings is 2. The lowest BCUT2D eigenvalue weighted by Gasteiger charge is -2.11. The topological polar surface area (TPSA) is 70.9 Å². The van der Waals surface area contributed by atoms with Gasteiger partial charge in [0.2, 0.25) is 0 Å². The van der Waals surface area contributed by atoms with Crippen LogP contribution in [0.5, 0.6) is 0 Å². The maximum atomic E-state index is 13.9. The molecule has 1 aromatic heterocycles. The summed E-state index contributed by atoms with van der Waals surface area (Å²) in [5, 5.41) is 3.27. The van der Waals surface area contributed by atoms with E-state index in [0.717, 1.165) is 24.0 Å². The van der Waals surface area contributed by atoms with E-state index >= 15 is 0 Å². The quantitative estimate of drug-likeness (QED) is 0.686. The van der Waals surface area contributed by atoms with Gasteiger partial charge in [-0.25, -0.2) is 4.39 Å². The monoisotopic (exact) mass is 323 g/mol. The highest BCUT2D eigenvalue weighted by molar-refractivity contribution is 6.06. The Hall–Kier alpha value is -2.66. The molecular weight excluding hydrogens is 305 g/mol. The molecule has 0 unspecified atom stereocenters. The number of hydrogen-bond donors (Lipinski definition) is 3. The standard InChI is InChI=1S/C19H18FN3O/c1-11-5-6-15(20)14-10-16(23-17(11)14)18(24)22-13-4-2-3-12(9-13)19(21)7-8-19/h2-6,9-10,23H,7-8,21H2,1H3,(H,22,24). The molecule has 0 spiro atoms. The van der Waals surface area contributed by atoms with E-state index in [2.05, 4.69) is 10.3 Å². The van der Waals surface area contributed by atoms with Gasteiger partial charge in [-0.2, -0.15) is 0 Å². The van der Waals surface area contributed by atoms with E-state index in [1.807, 2.05) is 31.2 Å². The summed E-state index contributed by atoms with van der Waals surface area (Å²) in [5.74, 6) is -0.643. The maximum Gasteiger partial charge on any atom is 0.272 e. The van der Waals surface area contributed by atoms with Gasteiger partial charge < -0.3 is 16.0 Å². The highest BCUT2D eigenvalue weighted by Crippen LogP contribution is 2.43. The summed E-state index contributed by atoms with van der Waals surface area (Å²) >= 11 is 0. The summed E-state index contributed by atoms with van der Waals surface area (Å²) < 4.78 is 13.9. The van der Waals surface area contributed by atoms with E-state index in [4.69, 9.17) is 5.73 Å². The Morgan fingerprint density at radius 1 is 1.25 bits per heavy atom. The van der Waals surface area contributed by atoms with Gasteiger partial charge in [0.25, 0.3) is 5.91 Å². The van der Waals surface area contributed by atoms with Crippen molar-refractivity contribution in [2.45, 2.75) is 25.3 Å². The van der Waals surface area contributed by atoms with Crippen molar-refractivity contribution in [3.63, 3.8) is 0 Å². The number of carbonyl (C=O) groups excluding carboxylic acids is 1. The molecule has 0 saturated heterocycles. The minimum absolute atomic E-state index is 0.248. The van der Waals surface area contributed by atoms with Gasteiger partial charge in [-0.05, 0) is 55.2 Å². The van der Waals surface area contributed by atoms with Crippen LogP contribution in [0.1, 0.15) is 34.5 Å². The summed E-state index contributed by atoms with van der Waals surface area (Å²) in [6.07, 6.45) is 1.93. The van der Waals surface area contributed by atoms with Crippen LogP contribution < -0.4 is 11.1 Å². The summed E-state index contributed by atoms with van der Waals surface area (Å²) in [6, 6.07) is 12.2. The van der Waals surface area contributed by atoms with E-state index in [1.165, 1.54) is 6.07 Å². The molecule has 1 aliphatic carbocycles. The molecule has 1 heterocycles. The number of halogens is 1. The van der Waals surface area contributed by atoms with Crippen LogP contribution in [-0.2, 0) is 5.54 Å². The number of rotatable bonds is 3.